The molecule has 0 aromatic carbocycles. The molecule has 5 N–H and O–H groups in total. The Kier molecular flexibility index (Phi) is 3.62. The third-order valence-electron chi connectivity index (χ3n) is 4.01. The summed E-state index contributed by atoms with van der Waals surface area (Å²) in [6, 6.07) is 0. The lowest BCUT2D eigenvalue weighted by Gasteiger charge is -2.11. The van der Waals surface area contributed by atoms with Crippen molar-refractivity contribution in [2.45, 2.75) is 29.2 Å². The number of carbonyl (C=O) groups is 2. The maximum Gasteiger partial charge on any atom is 0.307 e. The van der Waals surface area contributed by atoms with Gasteiger partial charge in [-0.2, -0.15) is 0 Å². The monoisotopic (exact) mass is 312 g/mol. The zero-order chi connectivity index (χ0) is 15.1. The average Bonchev–Trinajstić information content (AvgIpc) is 3.33. The van der Waals surface area contributed by atoms with Crippen molar-refractivity contribution in [1.29, 1.82) is 0 Å². The smallest absolute Gasteiger partial charge is 0.307 e. The normalized spacial score (nSPS) is 29.1. The lowest BCUT2D eigenvalue weighted by molar-refractivity contribution is -0.144. The molecule has 2 fully saturated rings. The van der Waals surface area contributed by atoms with Gasteiger partial charge in [0.25, 0.3) is 0 Å². The van der Waals surface area contributed by atoms with Gasteiger partial charge in [-0.05, 0) is 12.8 Å². The van der Waals surface area contributed by atoms with Gasteiger partial charge in [0.1, 0.15) is 5.82 Å². The standard InChI is InChI=1S/C12H16N4O4S/c13-3-5(6-7(10(17)18)8(6)11(19)20)21-12-14-9(15-16-12)4-1-2-4/h4-8H,1-3,13H2,(H,17,18)(H,19,20)(H,14,15,16). The summed E-state index contributed by atoms with van der Waals surface area (Å²) in [4.78, 5) is 26.6. The fourth-order valence-corrected chi connectivity index (χ4v) is 3.81. The molecule has 114 valence electrons. The van der Waals surface area contributed by atoms with Gasteiger partial charge in [0.2, 0.25) is 5.16 Å². The van der Waals surface area contributed by atoms with E-state index in [1.54, 1.807) is 0 Å². The molecule has 0 spiro atoms. The number of hydrogen-bond acceptors (Lipinski definition) is 6. The van der Waals surface area contributed by atoms with E-state index in [-0.39, 0.29) is 11.8 Å². The van der Waals surface area contributed by atoms with Crippen LogP contribution >= 0.6 is 11.8 Å². The molecule has 1 aromatic heterocycles. The van der Waals surface area contributed by atoms with Gasteiger partial charge in [-0.15, -0.1) is 5.10 Å². The highest BCUT2D eigenvalue weighted by Gasteiger charge is 2.62. The van der Waals surface area contributed by atoms with Crippen molar-refractivity contribution in [2.24, 2.45) is 23.5 Å². The molecule has 2 aliphatic carbocycles. The molecular formula is C12H16N4O4S. The maximum absolute atomic E-state index is 11.1. The van der Waals surface area contributed by atoms with Crippen LogP contribution in [0.2, 0.25) is 0 Å². The van der Waals surface area contributed by atoms with Crippen molar-refractivity contribution in [2.75, 3.05) is 6.54 Å². The summed E-state index contributed by atoms with van der Waals surface area (Å²) in [6.07, 6.45) is 2.20. The average molecular weight is 312 g/mol. The zero-order valence-corrected chi connectivity index (χ0v) is 11.9. The number of H-pyrrole nitrogens is 1. The number of rotatable bonds is 7. The van der Waals surface area contributed by atoms with E-state index in [0.29, 0.717) is 11.1 Å². The minimum absolute atomic E-state index is 0.191. The number of aromatic nitrogens is 3. The van der Waals surface area contributed by atoms with Crippen molar-refractivity contribution in [1.82, 2.24) is 15.2 Å². The van der Waals surface area contributed by atoms with E-state index in [1.165, 1.54) is 11.8 Å². The molecule has 3 atom stereocenters. The summed E-state index contributed by atoms with van der Waals surface area (Å²) < 4.78 is 0. The number of thioether (sulfide) groups is 1. The van der Waals surface area contributed by atoms with Crippen molar-refractivity contribution in [3.8, 4) is 0 Å². The summed E-state index contributed by atoms with van der Waals surface area (Å²) >= 11 is 1.26. The van der Waals surface area contributed by atoms with E-state index in [0.717, 1.165) is 18.7 Å². The fraction of sp³-hybridized carbons (Fsp3) is 0.667. The molecule has 2 aliphatic rings. The first-order chi connectivity index (χ1) is 10.0. The van der Waals surface area contributed by atoms with Crippen molar-refractivity contribution in [3.05, 3.63) is 5.82 Å². The van der Waals surface area contributed by atoms with Crippen LogP contribution in [0, 0.1) is 17.8 Å². The summed E-state index contributed by atoms with van der Waals surface area (Å²) in [5, 5.41) is 25.3. The first-order valence-corrected chi connectivity index (χ1v) is 7.65. The van der Waals surface area contributed by atoms with E-state index in [2.05, 4.69) is 15.2 Å². The second-order valence-electron chi connectivity index (χ2n) is 5.47. The van der Waals surface area contributed by atoms with Crippen LogP contribution in [0.4, 0.5) is 0 Å². The van der Waals surface area contributed by atoms with Gasteiger partial charge >= 0.3 is 11.9 Å². The van der Waals surface area contributed by atoms with Gasteiger partial charge in [-0.1, -0.05) is 11.8 Å². The van der Waals surface area contributed by atoms with Crippen LogP contribution in [0.3, 0.4) is 0 Å². The van der Waals surface area contributed by atoms with Crippen LogP contribution in [0.25, 0.3) is 0 Å². The quantitative estimate of drug-likeness (QED) is 0.520. The first kappa shape index (κ1) is 14.3. The van der Waals surface area contributed by atoms with Gasteiger partial charge in [0, 0.05) is 23.6 Å². The van der Waals surface area contributed by atoms with Crippen molar-refractivity contribution >= 4 is 23.7 Å². The number of aliphatic carboxylic acids is 2. The number of nitrogens with one attached hydrogen (secondary N) is 1. The molecule has 0 saturated heterocycles. The number of nitrogens with zero attached hydrogens (tertiary/aromatic N) is 2. The SMILES string of the molecule is NCC(Sc1n[nH]c(C2CC2)n1)C1C(C(=O)O)C1C(=O)O. The molecule has 0 radical (unpaired) electrons. The van der Waals surface area contributed by atoms with E-state index in [4.69, 9.17) is 15.9 Å². The Morgan fingerprint density at radius 3 is 2.43 bits per heavy atom. The zero-order valence-electron chi connectivity index (χ0n) is 11.1. The molecule has 0 amide bonds. The summed E-state index contributed by atoms with van der Waals surface area (Å²) in [5.41, 5.74) is 5.69. The van der Waals surface area contributed by atoms with E-state index in [1.807, 2.05) is 0 Å². The number of hydrogen-bond donors (Lipinski definition) is 4. The Hall–Kier alpha value is -1.61. The van der Waals surface area contributed by atoms with Crippen LogP contribution in [0.15, 0.2) is 5.16 Å². The Balaban J connectivity index is 1.69. The topological polar surface area (TPSA) is 142 Å². The molecule has 3 rings (SSSR count). The lowest BCUT2D eigenvalue weighted by Crippen LogP contribution is -2.22. The summed E-state index contributed by atoms with van der Waals surface area (Å²) in [6.45, 7) is 0.191. The van der Waals surface area contributed by atoms with E-state index in [9.17, 15) is 9.59 Å². The highest BCUT2D eigenvalue weighted by atomic mass is 32.2. The Morgan fingerprint density at radius 2 is 1.95 bits per heavy atom. The number of nitrogens with two attached hydrogens (primary N) is 1. The Morgan fingerprint density at radius 1 is 1.33 bits per heavy atom. The van der Waals surface area contributed by atoms with Crippen LogP contribution in [-0.2, 0) is 9.59 Å². The summed E-state index contributed by atoms with van der Waals surface area (Å²) in [7, 11) is 0. The fourth-order valence-electron chi connectivity index (χ4n) is 2.70. The molecule has 21 heavy (non-hydrogen) atoms. The van der Waals surface area contributed by atoms with Crippen molar-refractivity contribution in [3.63, 3.8) is 0 Å². The van der Waals surface area contributed by atoms with Crippen LogP contribution in [-0.4, -0.2) is 49.1 Å². The molecule has 0 bridgehead atoms. The minimum Gasteiger partial charge on any atom is -0.481 e. The second kappa shape index (κ2) is 5.30. The van der Waals surface area contributed by atoms with Gasteiger partial charge < -0.3 is 15.9 Å². The third kappa shape index (κ3) is 2.75. The van der Waals surface area contributed by atoms with Crippen LogP contribution in [0.1, 0.15) is 24.6 Å². The molecule has 8 nitrogen and oxygen atoms in total. The maximum atomic E-state index is 11.1. The van der Waals surface area contributed by atoms with E-state index < -0.39 is 29.7 Å². The van der Waals surface area contributed by atoms with Crippen LogP contribution in [0.5, 0.6) is 0 Å². The van der Waals surface area contributed by atoms with Crippen molar-refractivity contribution < 1.29 is 19.8 Å². The predicted molar refractivity (Wildman–Crippen MR) is 72.8 cm³/mol. The van der Waals surface area contributed by atoms with Gasteiger partial charge in [-0.3, -0.25) is 14.7 Å². The first-order valence-electron chi connectivity index (χ1n) is 6.77. The van der Waals surface area contributed by atoms with Crippen LogP contribution < -0.4 is 5.73 Å². The van der Waals surface area contributed by atoms with Gasteiger partial charge in [-0.25, -0.2) is 4.98 Å². The Labute approximate surface area is 124 Å². The van der Waals surface area contributed by atoms with E-state index >= 15 is 0 Å². The molecule has 0 aliphatic heterocycles. The molecular weight excluding hydrogens is 296 g/mol. The molecule has 1 heterocycles. The molecule has 2 saturated carbocycles. The molecule has 9 heteroatoms. The number of carboxylic acids is 2. The van der Waals surface area contributed by atoms with Gasteiger partial charge in [0.15, 0.2) is 0 Å². The third-order valence-corrected chi connectivity index (χ3v) is 5.21. The predicted octanol–water partition coefficient (Wildman–Crippen LogP) is 0.133. The summed E-state index contributed by atoms with van der Waals surface area (Å²) in [5.74, 6) is -3.09. The highest BCUT2D eigenvalue weighted by molar-refractivity contribution is 7.99. The number of carboxylic acid groups (broad SMARTS) is 2. The lowest BCUT2D eigenvalue weighted by atomic mass is 10.2. The molecule has 1 aromatic rings. The second-order valence-corrected chi connectivity index (χ2v) is 6.68. The number of aromatic amines is 1. The largest absolute Gasteiger partial charge is 0.481 e. The molecule has 3 unspecified atom stereocenters. The Bertz CT molecular complexity index is 553. The van der Waals surface area contributed by atoms with Gasteiger partial charge in [0.05, 0.1) is 11.8 Å². The minimum atomic E-state index is -1.08. The highest BCUT2D eigenvalue weighted by Crippen LogP contribution is 2.52.